The molecule has 1 amide bonds. The van der Waals surface area contributed by atoms with Crippen LogP contribution < -0.4 is 5.43 Å². The summed E-state index contributed by atoms with van der Waals surface area (Å²) in [6.07, 6.45) is 1.94. The standard InChI is InChI=1S/C27H22ClN3O4/c1-18-7-5-6-10-20(18)15-24(19-8-3-2-4-9-19)27(32)30-29-17-22-12-14-26(35-22)23-13-11-21(31(33)34)16-25(23)28/h2-14,16-17,24H,15H2,1H3,(H,30,32)/b29-17-/t24-/m0/s1. The highest BCUT2D eigenvalue weighted by atomic mass is 35.5. The SMILES string of the molecule is Cc1ccccc1C[C@H](C(=O)N/N=C\c1ccc(-c2ccc([N+](=O)[O-])cc2Cl)o1)c1ccccc1. The molecule has 0 fully saturated rings. The zero-order chi connectivity index (χ0) is 24.8. The molecule has 1 aromatic heterocycles. The molecule has 1 N–H and O–H groups in total. The van der Waals surface area contributed by atoms with Crippen molar-refractivity contribution in [3.05, 3.63) is 123 Å². The van der Waals surface area contributed by atoms with E-state index in [-0.39, 0.29) is 16.6 Å². The lowest BCUT2D eigenvalue weighted by atomic mass is 9.90. The van der Waals surface area contributed by atoms with Gasteiger partial charge in [-0.3, -0.25) is 14.9 Å². The van der Waals surface area contributed by atoms with Gasteiger partial charge in [0.1, 0.15) is 11.5 Å². The van der Waals surface area contributed by atoms with Gasteiger partial charge in [0.05, 0.1) is 22.1 Å². The van der Waals surface area contributed by atoms with Crippen molar-refractivity contribution >= 4 is 29.4 Å². The molecule has 176 valence electrons. The maximum atomic E-state index is 13.1. The average Bonchev–Trinajstić information content (AvgIpc) is 3.32. The van der Waals surface area contributed by atoms with Crippen LogP contribution in [0.4, 0.5) is 5.69 Å². The Morgan fingerprint density at radius 2 is 1.83 bits per heavy atom. The van der Waals surface area contributed by atoms with Crippen LogP contribution in [0, 0.1) is 17.0 Å². The highest BCUT2D eigenvalue weighted by molar-refractivity contribution is 6.33. The number of nitrogens with one attached hydrogen (secondary N) is 1. The molecule has 0 aliphatic rings. The third-order valence-electron chi connectivity index (χ3n) is 5.63. The number of nitro benzene ring substituents is 1. The number of hydrogen-bond donors (Lipinski definition) is 1. The third kappa shape index (κ3) is 5.83. The fraction of sp³-hybridized carbons (Fsp3) is 0.111. The van der Waals surface area contributed by atoms with E-state index in [2.05, 4.69) is 10.5 Å². The van der Waals surface area contributed by atoms with Crippen molar-refractivity contribution in [3.63, 3.8) is 0 Å². The topological polar surface area (TPSA) is 97.7 Å². The second-order valence-corrected chi connectivity index (χ2v) is 8.36. The van der Waals surface area contributed by atoms with E-state index in [1.165, 1.54) is 24.4 Å². The first-order chi connectivity index (χ1) is 16.9. The lowest BCUT2D eigenvalue weighted by Crippen LogP contribution is -2.27. The molecule has 0 unspecified atom stereocenters. The Hall–Kier alpha value is -4.23. The summed E-state index contributed by atoms with van der Waals surface area (Å²) in [5.74, 6) is 0.172. The Morgan fingerprint density at radius 1 is 1.09 bits per heavy atom. The number of benzene rings is 3. The van der Waals surface area contributed by atoms with Crippen molar-refractivity contribution in [2.45, 2.75) is 19.3 Å². The number of amides is 1. The van der Waals surface area contributed by atoms with Gasteiger partial charge in [0.2, 0.25) is 5.91 Å². The maximum absolute atomic E-state index is 13.1. The monoisotopic (exact) mass is 487 g/mol. The number of halogens is 1. The van der Waals surface area contributed by atoms with Crippen molar-refractivity contribution < 1.29 is 14.1 Å². The van der Waals surface area contributed by atoms with Gasteiger partial charge in [0.15, 0.2) is 0 Å². The van der Waals surface area contributed by atoms with Crippen LogP contribution in [0.15, 0.2) is 94.4 Å². The average molecular weight is 488 g/mol. The van der Waals surface area contributed by atoms with Crippen LogP contribution in [0.2, 0.25) is 5.02 Å². The minimum Gasteiger partial charge on any atom is -0.455 e. The largest absolute Gasteiger partial charge is 0.455 e. The summed E-state index contributed by atoms with van der Waals surface area (Å²) < 4.78 is 5.73. The Morgan fingerprint density at radius 3 is 2.54 bits per heavy atom. The van der Waals surface area contributed by atoms with Crippen LogP contribution in [-0.2, 0) is 11.2 Å². The van der Waals surface area contributed by atoms with Gasteiger partial charge in [-0.15, -0.1) is 0 Å². The number of non-ortho nitro benzene ring substituents is 1. The Bertz CT molecular complexity index is 1380. The zero-order valence-corrected chi connectivity index (χ0v) is 19.6. The molecule has 0 saturated carbocycles. The van der Waals surface area contributed by atoms with E-state index in [0.29, 0.717) is 23.5 Å². The van der Waals surface area contributed by atoms with E-state index in [0.717, 1.165) is 16.7 Å². The molecule has 0 aliphatic carbocycles. The number of rotatable bonds is 8. The molecule has 1 heterocycles. The van der Waals surface area contributed by atoms with Gasteiger partial charge in [0, 0.05) is 17.7 Å². The highest BCUT2D eigenvalue weighted by Crippen LogP contribution is 2.32. The summed E-state index contributed by atoms with van der Waals surface area (Å²) in [5.41, 5.74) is 6.15. The number of hydrazone groups is 1. The van der Waals surface area contributed by atoms with E-state index in [9.17, 15) is 14.9 Å². The number of nitrogens with zero attached hydrogens (tertiary/aromatic N) is 2. The molecule has 0 bridgehead atoms. The van der Waals surface area contributed by atoms with E-state index in [4.69, 9.17) is 16.0 Å². The normalized spacial score (nSPS) is 11.9. The van der Waals surface area contributed by atoms with E-state index in [1.54, 1.807) is 12.1 Å². The van der Waals surface area contributed by atoms with Crippen LogP contribution >= 0.6 is 11.6 Å². The van der Waals surface area contributed by atoms with Crippen LogP contribution in [0.1, 0.15) is 28.4 Å². The lowest BCUT2D eigenvalue weighted by Gasteiger charge is -2.17. The molecule has 0 radical (unpaired) electrons. The molecule has 7 nitrogen and oxygen atoms in total. The molecular weight excluding hydrogens is 466 g/mol. The van der Waals surface area contributed by atoms with Crippen LogP contribution in [0.5, 0.6) is 0 Å². The van der Waals surface area contributed by atoms with Gasteiger partial charge in [0.25, 0.3) is 5.69 Å². The second-order valence-electron chi connectivity index (χ2n) is 7.95. The van der Waals surface area contributed by atoms with Crippen molar-refractivity contribution in [2.75, 3.05) is 0 Å². The quantitative estimate of drug-likeness (QED) is 0.179. The number of carbonyl (C=O) groups is 1. The molecule has 8 heteroatoms. The number of aryl methyl sites for hydroxylation is 1. The van der Waals surface area contributed by atoms with Crippen molar-refractivity contribution in [1.29, 1.82) is 0 Å². The molecule has 35 heavy (non-hydrogen) atoms. The minimum atomic E-state index is -0.514. The predicted octanol–water partition coefficient (Wildman–Crippen LogP) is 6.29. The van der Waals surface area contributed by atoms with Gasteiger partial charge in [-0.25, -0.2) is 5.43 Å². The van der Waals surface area contributed by atoms with E-state index in [1.807, 2.05) is 61.5 Å². The van der Waals surface area contributed by atoms with Crippen molar-refractivity contribution in [1.82, 2.24) is 5.43 Å². The summed E-state index contributed by atoms with van der Waals surface area (Å²) in [7, 11) is 0. The molecule has 0 aliphatic heterocycles. The smallest absolute Gasteiger partial charge is 0.270 e. The van der Waals surface area contributed by atoms with E-state index < -0.39 is 10.8 Å². The van der Waals surface area contributed by atoms with Gasteiger partial charge in [-0.1, -0.05) is 66.2 Å². The molecule has 3 aromatic carbocycles. The summed E-state index contributed by atoms with van der Waals surface area (Å²) in [6.45, 7) is 2.03. The molecule has 0 saturated heterocycles. The Labute approximate surface area is 207 Å². The predicted molar refractivity (Wildman–Crippen MR) is 136 cm³/mol. The number of carbonyl (C=O) groups excluding carboxylic acids is 1. The fourth-order valence-corrected chi connectivity index (χ4v) is 4.00. The summed E-state index contributed by atoms with van der Waals surface area (Å²) in [6, 6.07) is 25.1. The molecule has 4 rings (SSSR count). The number of furan rings is 1. The first-order valence-electron chi connectivity index (χ1n) is 10.9. The van der Waals surface area contributed by atoms with Crippen LogP contribution in [0.25, 0.3) is 11.3 Å². The summed E-state index contributed by atoms with van der Waals surface area (Å²) in [4.78, 5) is 23.5. The van der Waals surface area contributed by atoms with Crippen molar-refractivity contribution in [2.24, 2.45) is 5.10 Å². The van der Waals surface area contributed by atoms with Crippen LogP contribution in [-0.4, -0.2) is 17.0 Å². The second kappa shape index (κ2) is 10.8. The highest BCUT2D eigenvalue weighted by Gasteiger charge is 2.21. The van der Waals surface area contributed by atoms with Gasteiger partial charge < -0.3 is 4.42 Å². The molecular formula is C27H22ClN3O4. The fourth-order valence-electron chi connectivity index (χ4n) is 3.73. The Balaban J connectivity index is 1.48. The molecule has 0 spiro atoms. The number of hydrogen-bond acceptors (Lipinski definition) is 5. The zero-order valence-electron chi connectivity index (χ0n) is 18.9. The summed E-state index contributed by atoms with van der Waals surface area (Å²) >= 11 is 6.18. The van der Waals surface area contributed by atoms with Gasteiger partial charge in [-0.05, 0) is 48.2 Å². The lowest BCUT2D eigenvalue weighted by molar-refractivity contribution is -0.384. The first kappa shape index (κ1) is 23.9. The summed E-state index contributed by atoms with van der Waals surface area (Å²) in [5, 5.41) is 15.2. The minimum absolute atomic E-state index is 0.103. The van der Waals surface area contributed by atoms with Crippen LogP contribution in [0.3, 0.4) is 0 Å². The van der Waals surface area contributed by atoms with Gasteiger partial charge >= 0.3 is 0 Å². The maximum Gasteiger partial charge on any atom is 0.270 e. The molecule has 1 atom stereocenters. The first-order valence-corrected chi connectivity index (χ1v) is 11.3. The Kier molecular flexibility index (Phi) is 7.38. The molecule has 4 aromatic rings. The van der Waals surface area contributed by atoms with Gasteiger partial charge in [-0.2, -0.15) is 5.10 Å². The third-order valence-corrected chi connectivity index (χ3v) is 5.94. The van der Waals surface area contributed by atoms with Crippen molar-refractivity contribution in [3.8, 4) is 11.3 Å². The number of nitro groups is 1. The van der Waals surface area contributed by atoms with E-state index >= 15 is 0 Å².